The molecule has 1 N–H and O–H groups in total. The summed E-state index contributed by atoms with van der Waals surface area (Å²) >= 11 is 7.42. The number of hydrogen-bond donors (Lipinski definition) is 1. The van der Waals surface area contributed by atoms with Crippen LogP contribution in [0, 0.1) is 16.7 Å². The third-order valence-corrected chi connectivity index (χ3v) is 9.51. The van der Waals surface area contributed by atoms with Gasteiger partial charge in [0.15, 0.2) is 0 Å². The number of rotatable bonds is 6. The maximum absolute atomic E-state index is 13.1. The smallest absolute Gasteiger partial charge is 0.233 e. The van der Waals surface area contributed by atoms with Crippen LogP contribution in [0.3, 0.4) is 0 Å². The lowest BCUT2D eigenvalue weighted by Crippen LogP contribution is -2.43. The van der Waals surface area contributed by atoms with Crippen molar-refractivity contribution >= 4 is 44.9 Å². The number of sulfonamides is 1. The Hall–Kier alpha value is -1.50. The van der Waals surface area contributed by atoms with E-state index in [9.17, 15) is 13.2 Å². The first kappa shape index (κ1) is 20.8. The molecule has 29 heavy (non-hydrogen) atoms. The van der Waals surface area contributed by atoms with Gasteiger partial charge in [0.2, 0.25) is 10.0 Å². The third kappa shape index (κ3) is 3.71. The molecule has 0 spiro atoms. The van der Waals surface area contributed by atoms with Gasteiger partial charge >= 0.3 is 0 Å². The van der Waals surface area contributed by atoms with E-state index in [0.29, 0.717) is 23.6 Å². The summed E-state index contributed by atoms with van der Waals surface area (Å²) in [6, 6.07) is 14.7. The van der Waals surface area contributed by atoms with Crippen molar-refractivity contribution in [2.45, 2.75) is 42.9 Å². The van der Waals surface area contributed by atoms with Crippen LogP contribution in [0.15, 0.2) is 58.3 Å². The van der Waals surface area contributed by atoms with Crippen LogP contribution in [0.4, 0.5) is 5.69 Å². The monoisotopic (exact) mass is 449 g/mol. The van der Waals surface area contributed by atoms with E-state index >= 15 is 0 Å². The van der Waals surface area contributed by atoms with E-state index in [-0.39, 0.29) is 22.9 Å². The summed E-state index contributed by atoms with van der Waals surface area (Å²) in [5.74, 6) is 0.244. The van der Waals surface area contributed by atoms with Gasteiger partial charge in [-0.05, 0) is 60.6 Å². The van der Waals surface area contributed by atoms with Gasteiger partial charge in [0.25, 0.3) is 0 Å². The molecule has 2 bridgehead atoms. The minimum absolute atomic E-state index is 0.105. The van der Waals surface area contributed by atoms with Gasteiger partial charge in [-0.15, -0.1) is 0 Å². The van der Waals surface area contributed by atoms with Crippen molar-refractivity contribution in [2.24, 2.45) is 16.7 Å². The molecular weight excluding hydrogens is 426 g/mol. The van der Waals surface area contributed by atoms with E-state index in [1.165, 1.54) is 11.8 Å². The Balaban J connectivity index is 1.58. The van der Waals surface area contributed by atoms with Crippen molar-refractivity contribution in [1.29, 1.82) is 0 Å². The lowest BCUT2D eigenvalue weighted by atomic mass is 9.70. The molecule has 0 aliphatic heterocycles. The predicted molar refractivity (Wildman–Crippen MR) is 118 cm³/mol. The largest absolute Gasteiger partial charge is 0.299 e. The second-order valence-electron chi connectivity index (χ2n) is 8.58. The molecule has 0 saturated heterocycles. The Kier molecular flexibility index (Phi) is 5.24. The lowest BCUT2D eigenvalue weighted by Gasteiger charge is -2.36. The highest BCUT2D eigenvalue weighted by Crippen LogP contribution is 2.64. The summed E-state index contributed by atoms with van der Waals surface area (Å²) in [5.41, 5.74) is -0.528. The quantitative estimate of drug-likeness (QED) is 0.620. The summed E-state index contributed by atoms with van der Waals surface area (Å²) in [6.45, 7) is 4.10. The molecule has 2 fully saturated rings. The number of carbonyl (C=O) groups excluding carboxylic acids is 1. The first-order chi connectivity index (χ1) is 13.6. The molecule has 2 aliphatic rings. The molecule has 2 aromatic rings. The van der Waals surface area contributed by atoms with Crippen molar-refractivity contribution in [3.8, 4) is 0 Å². The topological polar surface area (TPSA) is 63.2 Å². The Labute approximate surface area is 181 Å². The second-order valence-corrected chi connectivity index (χ2v) is 11.9. The highest BCUT2D eigenvalue weighted by molar-refractivity contribution is 7.99. The van der Waals surface area contributed by atoms with Crippen LogP contribution in [0.5, 0.6) is 0 Å². The van der Waals surface area contributed by atoms with Gasteiger partial charge in [-0.2, -0.15) is 0 Å². The number of carbonyl (C=O) groups is 1. The SMILES string of the molecule is CC1(C)C2CCC1(CS(=O)(=O)Nc1ccccc1Sc1ccc(Cl)cc1)C(=O)C2. The fourth-order valence-electron chi connectivity index (χ4n) is 4.91. The Morgan fingerprint density at radius 1 is 1.14 bits per heavy atom. The Morgan fingerprint density at radius 2 is 1.83 bits per heavy atom. The Bertz CT molecular complexity index is 1050. The molecule has 0 heterocycles. The molecule has 154 valence electrons. The predicted octanol–water partition coefficient (Wildman–Crippen LogP) is 5.63. The van der Waals surface area contributed by atoms with E-state index in [1.807, 2.05) is 24.3 Å². The van der Waals surface area contributed by atoms with Gasteiger partial charge in [0.05, 0.1) is 16.9 Å². The molecule has 0 amide bonds. The maximum Gasteiger partial charge on any atom is 0.233 e. The normalized spacial score (nSPS) is 25.3. The summed E-state index contributed by atoms with van der Waals surface area (Å²) in [5, 5.41) is 0.654. The van der Waals surface area contributed by atoms with Crippen LogP contribution < -0.4 is 4.72 Å². The summed E-state index contributed by atoms with van der Waals surface area (Å²) in [7, 11) is -3.69. The van der Waals surface area contributed by atoms with Crippen molar-refractivity contribution in [3.63, 3.8) is 0 Å². The standard InChI is InChI=1S/C22H24ClNO3S2/c1-21(2)15-11-12-22(21,20(25)13-15)14-29(26,27)24-18-5-3-4-6-19(18)28-17-9-7-16(23)8-10-17/h3-10,15,24H,11-14H2,1-2H3. The zero-order valence-corrected chi connectivity index (χ0v) is 18.8. The highest BCUT2D eigenvalue weighted by atomic mass is 35.5. The summed E-state index contributed by atoms with van der Waals surface area (Å²) in [6.07, 6.45) is 2.09. The first-order valence-electron chi connectivity index (χ1n) is 9.69. The van der Waals surface area contributed by atoms with Gasteiger partial charge in [0, 0.05) is 21.2 Å². The number of halogens is 1. The number of fused-ring (bicyclic) bond motifs is 2. The van der Waals surface area contributed by atoms with E-state index in [0.717, 1.165) is 16.2 Å². The highest BCUT2D eigenvalue weighted by Gasteiger charge is 2.65. The number of hydrogen-bond acceptors (Lipinski definition) is 4. The number of ketones is 1. The zero-order chi connectivity index (χ0) is 20.9. The zero-order valence-electron chi connectivity index (χ0n) is 16.4. The Morgan fingerprint density at radius 3 is 2.45 bits per heavy atom. The van der Waals surface area contributed by atoms with E-state index in [4.69, 9.17) is 11.6 Å². The molecule has 2 atom stereocenters. The average Bonchev–Trinajstić information content (AvgIpc) is 2.99. The van der Waals surface area contributed by atoms with Gasteiger partial charge < -0.3 is 0 Å². The minimum Gasteiger partial charge on any atom is -0.299 e. The molecule has 4 nitrogen and oxygen atoms in total. The first-order valence-corrected chi connectivity index (χ1v) is 12.5. The van der Waals surface area contributed by atoms with Crippen LogP contribution in [0.25, 0.3) is 0 Å². The summed E-state index contributed by atoms with van der Waals surface area (Å²) < 4.78 is 29.0. The molecular formula is C22H24ClNO3S2. The van der Waals surface area contributed by atoms with Gasteiger partial charge in [0.1, 0.15) is 5.78 Å². The fraction of sp³-hybridized carbons (Fsp3) is 0.409. The van der Waals surface area contributed by atoms with Crippen molar-refractivity contribution in [2.75, 3.05) is 10.5 Å². The summed E-state index contributed by atoms with van der Waals surface area (Å²) in [4.78, 5) is 14.5. The molecule has 2 aliphatic carbocycles. The van der Waals surface area contributed by atoms with Crippen molar-refractivity contribution in [3.05, 3.63) is 53.6 Å². The lowest BCUT2D eigenvalue weighted by molar-refractivity contribution is -0.128. The molecule has 0 radical (unpaired) electrons. The van der Waals surface area contributed by atoms with Crippen LogP contribution in [-0.2, 0) is 14.8 Å². The molecule has 2 unspecified atom stereocenters. The number of benzene rings is 2. The van der Waals surface area contributed by atoms with Crippen LogP contribution in [0.1, 0.15) is 33.1 Å². The van der Waals surface area contributed by atoms with E-state index < -0.39 is 15.4 Å². The van der Waals surface area contributed by atoms with Crippen molar-refractivity contribution < 1.29 is 13.2 Å². The molecule has 7 heteroatoms. The second kappa shape index (κ2) is 7.33. The van der Waals surface area contributed by atoms with E-state index in [1.54, 1.807) is 24.3 Å². The number of nitrogens with one attached hydrogen (secondary N) is 1. The minimum atomic E-state index is -3.69. The molecule has 2 saturated carbocycles. The molecule has 4 rings (SSSR count). The number of anilines is 1. The van der Waals surface area contributed by atoms with Crippen molar-refractivity contribution in [1.82, 2.24) is 0 Å². The van der Waals surface area contributed by atoms with Gasteiger partial charge in [-0.1, -0.05) is 49.3 Å². The maximum atomic E-state index is 13.1. The molecule has 2 aromatic carbocycles. The van der Waals surface area contributed by atoms with E-state index in [2.05, 4.69) is 18.6 Å². The van der Waals surface area contributed by atoms with Crippen LogP contribution >= 0.6 is 23.4 Å². The average molecular weight is 450 g/mol. The molecule has 0 aromatic heterocycles. The van der Waals surface area contributed by atoms with Crippen LogP contribution in [-0.4, -0.2) is 20.0 Å². The van der Waals surface area contributed by atoms with Crippen LogP contribution in [0.2, 0.25) is 5.02 Å². The van der Waals surface area contributed by atoms with Gasteiger partial charge in [-0.25, -0.2) is 8.42 Å². The van der Waals surface area contributed by atoms with Gasteiger partial charge in [-0.3, -0.25) is 9.52 Å². The fourth-order valence-corrected chi connectivity index (χ4v) is 7.91. The number of para-hydroxylation sites is 1. The number of Topliss-reactive ketones (excluding diaryl/α,β-unsaturated/α-hetero) is 1. The third-order valence-electron chi connectivity index (χ3n) is 6.77.